The summed E-state index contributed by atoms with van der Waals surface area (Å²) in [6.45, 7) is 5.74. The molecule has 0 radical (unpaired) electrons. The van der Waals surface area contributed by atoms with Crippen LogP contribution in [0, 0.1) is 5.92 Å². The molecule has 5 heteroatoms. The van der Waals surface area contributed by atoms with Crippen molar-refractivity contribution in [2.75, 3.05) is 32.0 Å². The van der Waals surface area contributed by atoms with Crippen LogP contribution in [-0.2, 0) is 11.3 Å². The number of piperidine rings is 1. The highest BCUT2D eigenvalue weighted by Gasteiger charge is 2.24. The van der Waals surface area contributed by atoms with Gasteiger partial charge in [-0.05, 0) is 45.0 Å². The average molecular weight is 276 g/mol. The summed E-state index contributed by atoms with van der Waals surface area (Å²) in [5.41, 5.74) is 1.09. The zero-order valence-corrected chi connectivity index (χ0v) is 12.4. The number of likely N-dealkylation sites (tertiary alicyclic amines) is 1. The summed E-state index contributed by atoms with van der Waals surface area (Å²) >= 11 is 0. The Morgan fingerprint density at radius 2 is 2.15 bits per heavy atom. The lowest BCUT2D eigenvalue weighted by Crippen LogP contribution is -2.39. The summed E-state index contributed by atoms with van der Waals surface area (Å²) < 4.78 is 0. The van der Waals surface area contributed by atoms with Gasteiger partial charge in [-0.3, -0.25) is 9.69 Å². The molecule has 1 aliphatic rings. The molecule has 2 N–H and O–H groups in total. The number of hydrogen-bond donors (Lipinski definition) is 2. The van der Waals surface area contributed by atoms with Gasteiger partial charge in [0, 0.05) is 26.1 Å². The van der Waals surface area contributed by atoms with Crippen LogP contribution in [0.25, 0.3) is 0 Å². The second-order valence-electron chi connectivity index (χ2n) is 5.21. The molecular formula is C15H24N4O. The van der Waals surface area contributed by atoms with E-state index < -0.39 is 0 Å². The Hall–Kier alpha value is -1.62. The first-order valence-electron chi connectivity index (χ1n) is 7.36. The molecule has 1 fully saturated rings. The number of nitrogens with one attached hydrogen (secondary N) is 2. The maximum Gasteiger partial charge on any atom is 0.222 e. The lowest BCUT2D eigenvalue weighted by Gasteiger charge is -2.30. The molecule has 0 aliphatic carbocycles. The summed E-state index contributed by atoms with van der Waals surface area (Å²) in [5, 5.41) is 5.97. The lowest BCUT2D eigenvalue weighted by atomic mass is 9.96. The summed E-state index contributed by atoms with van der Waals surface area (Å²) in [6.07, 6.45) is 1.87. The molecule has 0 saturated carbocycles. The van der Waals surface area contributed by atoms with Crippen molar-refractivity contribution in [3.05, 3.63) is 23.9 Å². The predicted octanol–water partition coefficient (Wildman–Crippen LogP) is 1.47. The standard InChI is InChI=1S/C15H24N4O/c1-3-17-14-6-4-5-13(18-14)11-19-9-7-12(8-10-19)15(20)16-2/h4-6,12H,3,7-11H2,1-2H3,(H,16,20)(H,17,18). The number of pyridine rings is 1. The van der Waals surface area contributed by atoms with E-state index in [2.05, 4.69) is 33.5 Å². The molecule has 0 spiro atoms. The Bertz CT molecular complexity index is 441. The van der Waals surface area contributed by atoms with Crippen molar-refractivity contribution in [1.82, 2.24) is 15.2 Å². The van der Waals surface area contributed by atoms with Crippen LogP contribution in [0.3, 0.4) is 0 Å². The number of hydrogen-bond acceptors (Lipinski definition) is 4. The van der Waals surface area contributed by atoms with Crippen molar-refractivity contribution in [3.8, 4) is 0 Å². The number of carbonyl (C=O) groups excluding carboxylic acids is 1. The van der Waals surface area contributed by atoms with Gasteiger partial charge in [0.1, 0.15) is 5.82 Å². The number of amides is 1. The Balaban J connectivity index is 1.86. The van der Waals surface area contributed by atoms with E-state index in [4.69, 9.17) is 0 Å². The minimum atomic E-state index is 0.178. The minimum absolute atomic E-state index is 0.178. The molecule has 1 aromatic heterocycles. The predicted molar refractivity (Wildman–Crippen MR) is 80.5 cm³/mol. The first kappa shape index (κ1) is 14.8. The number of nitrogens with zero attached hydrogens (tertiary/aromatic N) is 2. The van der Waals surface area contributed by atoms with E-state index in [0.29, 0.717) is 0 Å². The zero-order chi connectivity index (χ0) is 14.4. The second kappa shape index (κ2) is 7.24. The van der Waals surface area contributed by atoms with Crippen LogP contribution in [0.1, 0.15) is 25.5 Å². The maximum absolute atomic E-state index is 11.6. The van der Waals surface area contributed by atoms with Crippen molar-refractivity contribution in [2.45, 2.75) is 26.3 Å². The zero-order valence-electron chi connectivity index (χ0n) is 12.4. The minimum Gasteiger partial charge on any atom is -0.370 e. The van der Waals surface area contributed by atoms with Crippen molar-refractivity contribution in [2.24, 2.45) is 5.92 Å². The molecule has 0 bridgehead atoms. The van der Waals surface area contributed by atoms with Crippen LogP contribution in [0.4, 0.5) is 5.82 Å². The van der Waals surface area contributed by atoms with E-state index in [1.807, 2.05) is 12.1 Å². The van der Waals surface area contributed by atoms with E-state index >= 15 is 0 Å². The van der Waals surface area contributed by atoms with Crippen LogP contribution in [0.2, 0.25) is 0 Å². The average Bonchev–Trinajstić information content (AvgIpc) is 2.48. The molecule has 20 heavy (non-hydrogen) atoms. The molecule has 1 amide bonds. The van der Waals surface area contributed by atoms with Gasteiger partial charge in [0.2, 0.25) is 5.91 Å². The monoisotopic (exact) mass is 276 g/mol. The third kappa shape index (κ3) is 3.93. The van der Waals surface area contributed by atoms with E-state index in [9.17, 15) is 4.79 Å². The third-order valence-electron chi connectivity index (χ3n) is 3.76. The first-order valence-corrected chi connectivity index (χ1v) is 7.36. The van der Waals surface area contributed by atoms with E-state index in [1.165, 1.54) is 0 Å². The van der Waals surface area contributed by atoms with Gasteiger partial charge in [0.15, 0.2) is 0 Å². The fourth-order valence-electron chi connectivity index (χ4n) is 2.63. The normalized spacial score (nSPS) is 16.9. The fraction of sp³-hybridized carbons (Fsp3) is 0.600. The molecule has 2 rings (SSSR count). The summed E-state index contributed by atoms with van der Waals surface area (Å²) in [4.78, 5) is 18.6. The van der Waals surface area contributed by atoms with Crippen molar-refractivity contribution in [1.29, 1.82) is 0 Å². The molecule has 1 aliphatic heterocycles. The summed E-state index contributed by atoms with van der Waals surface area (Å²) in [5.74, 6) is 1.29. The topological polar surface area (TPSA) is 57.3 Å². The van der Waals surface area contributed by atoms with Crippen LogP contribution in [0.5, 0.6) is 0 Å². The molecule has 1 saturated heterocycles. The van der Waals surface area contributed by atoms with Gasteiger partial charge < -0.3 is 10.6 Å². The van der Waals surface area contributed by atoms with Crippen molar-refractivity contribution < 1.29 is 4.79 Å². The Morgan fingerprint density at radius 1 is 1.40 bits per heavy atom. The van der Waals surface area contributed by atoms with Gasteiger partial charge >= 0.3 is 0 Å². The number of rotatable bonds is 5. The van der Waals surface area contributed by atoms with Crippen LogP contribution in [0.15, 0.2) is 18.2 Å². The molecule has 110 valence electrons. The van der Waals surface area contributed by atoms with Gasteiger partial charge in [-0.15, -0.1) is 0 Å². The van der Waals surface area contributed by atoms with Gasteiger partial charge in [0.25, 0.3) is 0 Å². The van der Waals surface area contributed by atoms with E-state index in [1.54, 1.807) is 7.05 Å². The molecule has 5 nitrogen and oxygen atoms in total. The summed E-state index contributed by atoms with van der Waals surface area (Å²) in [6, 6.07) is 6.09. The Labute approximate surface area is 120 Å². The molecule has 0 aromatic carbocycles. The van der Waals surface area contributed by atoms with Crippen LogP contribution >= 0.6 is 0 Å². The summed E-state index contributed by atoms with van der Waals surface area (Å²) in [7, 11) is 1.71. The number of anilines is 1. The van der Waals surface area contributed by atoms with Gasteiger partial charge in [0.05, 0.1) is 5.69 Å². The largest absolute Gasteiger partial charge is 0.370 e. The third-order valence-corrected chi connectivity index (χ3v) is 3.76. The second-order valence-corrected chi connectivity index (χ2v) is 5.21. The van der Waals surface area contributed by atoms with Gasteiger partial charge in [-0.2, -0.15) is 0 Å². The number of aromatic nitrogens is 1. The Morgan fingerprint density at radius 3 is 2.80 bits per heavy atom. The molecule has 1 aromatic rings. The smallest absolute Gasteiger partial charge is 0.222 e. The fourth-order valence-corrected chi connectivity index (χ4v) is 2.63. The lowest BCUT2D eigenvalue weighted by molar-refractivity contribution is -0.125. The molecule has 0 atom stereocenters. The van der Waals surface area contributed by atoms with Gasteiger partial charge in [-0.25, -0.2) is 4.98 Å². The van der Waals surface area contributed by atoms with Crippen LogP contribution < -0.4 is 10.6 Å². The maximum atomic E-state index is 11.6. The highest BCUT2D eigenvalue weighted by Crippen LogP contribution is 2.19. The SMILES string of the molecule is CCNc1cccc(CN2CCC(C(=O)NC)CC2)n1. The molecular weight excluding hydrogens is 252 g/mol. The molecule has 0 unspecified atom stereocenters. The van der Waals surface area contributed by atoms with Crippen LogP contribution in [-0.4, -0.2) is 42.5 Å². The Kier molecular flexibility index (Phi) is 5.35. The first-order chi connectivity index (χ1) is 9.72. The molecule has 2 heterocycles. The number of carbonyl (C=O) groups is 1. The van der Waals surface area contributed by atoms with E-state index in [-0.39, 0.29) is 11.8 Å². The van der Waals surface area contributed by atoms with Crippen molar-refractivity contribution in [3.63, 3.8) is 0 Å². The highest BCUT2D eigenvalue weighted by atomic mass is 16.1. The van der Waals surface area contributed by atoms with E-state index in [0.717, 1.165) is 50.5 Å². The van der Waals surface area contributed by atoms with Gasteiger partial charge in [-0.1, -0.05) is 6.07 Å². The van der Waals surface area contributed by atoms with Crippen molar-refractivity contribution >= 4 is 11.7 Å². The quantitative estimate of drug-likeness (QED) is 0.855. The highest BCUT2D eigenvalue weighted by molar-refractivity contribution is 5.78.